The van der Waals surface area contributed by atoms with Crippen LogP contribution in [-0.2, 0) is 17.4 Å². The van der Waals surface area contributed by atoms with Crippen LogP contribution >= 0.6 is 0 Å². The fraction of sp³-hybridized carbons (Fsp3) is 0.474. The molecule has 0 bridgehead atoms. The number of carbonyl (C=O) groups is 1. The normalized spacial score (nSPS) is 16.5. The second kappa shape index (κ2) is 7.62. The van der Waals surface area contributed by atoms with Gasteiger partial charge in [-0.3, -0.25) is 4.79 Å². The summed E-state index contributed by atoms with van der Waals surface area (Å²) in [4.78, 5) is 20.5. The van der Waals surface area contributed by atoms with Crippen molar-refractivity contribution in [2.75, 3.05) is 31.1 Å². The van der Waals surface area contributed by atoms with Crippen molar-refractivity contribution in [1.29, 1.82) is 0 Å². The molecule has 0 spiro atoms. The fourth-order valence-electron chi connectivity index (χ4n) is 3.51. The van der Waals surface area contributed by atoms with Crippen LogP contribution in [0.15, 0.2) is 36.7 Å². The maximum atomic E-state index is 13.2. The molecule has 146 valence electrons. The van der Waals surface area contributed by atoms with Gasteiger partial charge in [0, 0.05) is 50.7 Å². The first-order valence-electron chi connectivity index (χ1n) is 9.04. The van der Waals surface area contributed by atoms with Gasteiger partial charge in [-0.2, -0.15) is 13.2 Å². The van der Waals surface area contributed by atoms with Gasteiger partial charge in [0.1, 0.15) is 11.9 Å². The average Bonchev–Trinajstić information content (AvgIpc) is 3.15. The molecule has 0 aliphatic carbocycles. The molecule has 8 heteroatoms. The Labute approximate surface area is 156 Å². The average molecular weight is 380 g/mol. The van der Waals surface area contributed by atoms with E-state index in [0.29, 0.717) is 26.2 Å². The summed E-state index contributed by atoms with van der Waals surface area (Å²) in [5, 5.41) is 0. The molecule has 1 atom stereocenters. The smallest absolute Gasteiger partial charge is 0.367 e. The number of para-hydroxylation sites is 1. The summed E-state index contributed by atoms with van der Waals surface area (Å²) >= 11 is 0. The van der Waals surface area contributed by atoms with Crippen LogP contribution in [0.1, 0.15) is 31.3 Å². The van der Waals surface area contributed by atoms with Crippen LogP contribution in [0, 0.1) is 0 Å². The van der Waals surface area contributed by atoms with Crippen molar-refractivity contribution in [2.45, 2.75) is 32.5 Å². The van der Waals surface area contributed by atoms with Crippen LogP contribution < -0.4 is 4.90 Å². The standard InChI is InChI=1S/C19H23F3N4O/c1-3-17-23-8-9-26(17)14(2)18(27)25-12-10-24(11-13-25)16-7-5-4-6-15(16)19(20,21)22/h4-9,14H,3,10-13H2,1-2H3/t14-/m1/s1. The predicted octanol–water partition coefficient (Wildman–Crippen LogP) is 3.37. The van der Waals surface area contributed by atoms with E-state index in [1.54, 1.807) is 28.3 Å². The van der Waals surface area contributed by atoms with E-state index in [4.69, 9.17) is 0 Å². The highest BCUT2D eigenvalue weighted by Crippen LogP contribution is 2.36. The highest BCUT2D eigenvalue weighted by molar-refractivity contribution is 5.80. The molecule has 1 aromatic carbocycles. The number of rotatable bonds is 4. The highest BCUT2D eigenvalue weighted by Gasteiger charge is 2.35. The first-order valence-corrected chi connectivity index (χ1v) is 9.04. The summed E-state index contributed by atoms with van der Waals surface area (Å²) < 4.78 is 41.6. The van der Waals surface area contributed by atoms with E-state index in [1.165, 1.54) is 12.1 Å². The number of hydrogen-bond donors (Lipinski definition) is 0. The Morgan fingerprint density at radius 2 is 1.85 bits per heavy atom. The SMILES string of the molecule is CCc1nccn1[C@H](C)C(=O)N1CCN(c2ccccc2C(F)(F)F)CC1. The van der Waals surface area contributed by atoms with E-state index in [-0.39, 0.29) is 17.6 Å². The van der Waals surface area contributed by atoms with E-state index in [0.717, 1.165) is 18.3 Å². The van der Waals surface area contributed by atoms with Crippen molar-refractivity contribution in [3.63, 3.8) is 0 Å². The van der Waals surface area contributed by atoms with Crippen molar-refractivity contribution in [3.8, 4) is 0 Å². The van der Waals surface area contributed by atoms with Crippen LogP contribution in [-0.4, -0.2) is 46.5 Å². The number of carbonyl (C=O) groups excluding carboxylic acids is 1. The number of anilines is 1. The van der Waals surface area contributed by atoms with Gasteiger partial charge in [0.25, 0.3) is 0 Å². The molecule has 5 nitrogen and oxygen atoms in total. The minimum absolute atomic E-state index is 0.0357. The number of aryl methyl sites for hydroxylation is 1. The van der Waals surface area contributed by atoms with Crippen LogP contribution in [0.25, 0.3) is 0 Å². The van der Waals surface area contributed by atoms with Gasteiger partial charge in [-0.15, -0.1) is 0 Å². The maximum Gasteiger partial charge on any atom is 0.418 e. The number of amides is 1. The van der Waals surface area contributed by atoms with Crippen molar-refractivity contribution in [3.05, 3.63) is 48.0 Å². The first-order chi connectivity index (χ1) is 12.8. The van der Waals surface area contributed by atoms with Crippen LogP contribution in [0.5, 0.6) is 0 Å². The zero-order valence-electron chi connectivity index (χ0n) is 15.4. The predicted molar refractivity (Wildman–Crippen MR) is 96.6 cm³/mol. The number of hydrogen-bond acceptors (Lipinski definition) is 3. The molecule has 0 saturated carbocycles. The summed E-state index contributed by atoms with van der Waals surface area (Å²) in [5.41, 5.74) is -0.461. The first kappa shape index (κ1) is 19.3. The summed E-state index contributed by atoms with van der Waals surface area (Å²) in [6.45, 7) is 5.34. The fourth-order valence-corrected chi connectivity index (χ4v) is 3.51. The van der Waals surface area contributed by atoms with Gasteiger partial charge in [0.15, 0.2) is 0 Å². The molecule has 0 N–H and O–H groups in total. The lowest BCUT2D eigenvalue weighted by molar-refractivity contribution is -0.137. The van der Waals surface area contributed by atoms with Gasteiger partial charge < -0.3 is 14.4 Å². The van der Waals surface area contributed by atoms with E-state index < -0.39 is 11.7 Å². The largest absolute Gasteiger partial charge is 0.418 e. The van der Waals surface area contributed by atoms with E-state index in [1.807, 2.05) is 18.4 Å². The number of nitrogens with zero attached hydrogens (tertiary/aromatic N) is 4. The van der Waals surface area contributed by atoms with Crippen molar-refractivity contribution in [1.82, 2.24) is 14.5 Å². The second-order valence-corrected chi connectivity index (χ2v) is 6.61. The molecule has 1 aliphatic rings. The van der Waals surface area contributed by atoms with Crippen molar-refractivity contribution >= 4 is 11.6 Å². The quantitative estimate of drug-likeness (QED) is 0.817. The van der Waals surface area contributed by atoms with Gasteiger partial charge in [0.2, 0.25) is 5.91 Å². The Morgan fingerprint density at radius 1 is 1.19 bits per heavy atom. The molecule has 27 heavy (non-hydrogen) atoms. The lowest BCUT2D eigenvalue weighted by atomic mass is 10.1. The molecule has 0 radical (unpaired) electrons. The van der Waals surface area contributed by atoms with Crippen molar-refractivity contribution < 1.29 is 18.0 Å². The molecule has 0 unspecified atom stereocenters. The number of piperazine rings is 1. The second-order valence-electron chi connectivity index (χ2n) is 6.61. The molecule has 2 heterocycles. The topological polar surface area (TPSA) is 41.4 Å². The summed E-state index contributed by atoms with van der Waals surface area (Å²) in [6, 6.07) is 5.21. The molecule has 3 rings (SSSR count). The van der Waals surface area contributed by atoms with Gasteiger partial charge >= 0.3 is 6.18 Å². The summed E-state index contributed by atoms with van der Waals surface area (Å²) in [5.74, 6) is 0.806. The Bertz CT molecular complexity index is 794. The lowest BCUT2D eigenvalue weighted by Crippen LogP contribution is -2.50. The van der Waals surface area contributed by atoms with Crippen LogP contribution in [0.2, 0.25) is 0 Å². The van der Waals surface area contributed by atoms with Gasteiger partial charge in [-0.25, -0.2) is 4.98 Å². The summed E-state index contributed by atoms with van der Waals surface area (Å²) in [7, 11) is 0. The monoisotopic (exact) mass is 380 g/mol. The van der Waals surface area contributed by atoms with Gasteiger partial charge in [-0.1, -0.05) is 19.1 Å². The van der Waals surface area contributed by atoms with E-state index >= 15 is 0 Å². The number of aromatic nitrogens is 2. The van der Waals surface area contributed by atoms with Crippen molar-refractivity contribution in [2.24, 2.45) is 0 Å². The third kappa shape index (κ3) is 3.94. The molecular formula is C19H23F3N4O. The minimum Gasteiger partial charge on any atom is -0.367 e. The van der Waals surface area contributed by atoms with Gasteiger partial charge in [0.05, 0.1) is 5.56 Å². The zero-order chi connectivity index (χ0) is 19.6. The molecule has 1 amide bonds. The minimum atomic E-state index is -4.39. The molecule has 2 aromatic rings. The maximum absolute atomic E-state index is 13.2. The Kier molecular flexibility index (Phi) is 5.43. The van der Waals surface area contributed by atoms with E-state index in [2.05, 4.69) is 4.98 Å². The molecule has 1 aliphatic heterocycles. The molecule has 1 saturated heterocycles. The number of benzene rings is 1. The van der Waals surface area contributed by atoms with Crippen LogP contribution in [0.4, 0.5) is 18.9 Å². The highest BCUT2D eigenvalue weighted by atomic mass is 19.4. The third-order valence-corrected chi connectivity index (χ3v) is 4.98. The summed E-state index contributed by atoms with van der Waals surface area (Å²) in [6.07, 6.45) is -0.200. The Morgan fingerprint density at radius 3 is 2.48 bits per heavy atom. The molecule has 1 aromatic heterocycles. The lowest BCUT2D eigenvalue weighted by Gasteiger charge is -2.38. The number of halogens is 3. The van der Waals surface area contributed by atoms with Crippen LogP contribution in [0.3, 0.4) is 0 Å². The van der Waals surface area contributed by atoms with E-state index in [9.17, 15) is 18.0 Å². The molecule has 1 fully saturated rings. The number of alkyl halides is 3. The third-order valence-electron chi connectivity index (χ3n) is 4.98. The Hall–Kier alpha value is -2.51. The zero-order valence-corrected chi connectivity index (χ0v) is 15.4. The number of imidazole rings is 1. The molecular weight excluding hydrogens is 357 g/mol. The van der Waals surface area contributed by atoms with Gasteiger partial charge in [-0.05, 0) is 19.1 Å². The Balaban J connectivity index is 1.68.